The highest BCUT2D eigenvalue weighted by Crippen LogP contribution is 2.39. The Hall–Kier alpha value is -2.01. The van der Waals surface area contributed by atoms with Crippen LogP contribution in [0.3, 0.4) is 0 Å². The van der Waals surface area contributed by atoms with Crippen molar-refractivity contribution in [3.63, 3.8) is 0 Å². The van der Waals surface area contributed by atoms with Crippen molar-refractivity contribution in [2.45, 2.75) is 44.2 Å². The van der Waals surface area contributed by atoms with Crippen LogP contribution in [0.4, 0.5) is 4.39 Å². The van der Waals surface area contributed by atoms with Crippen LogP contribution in [-0.2, 0) is 0 Å². The molecule has 25 heavy (non-hydrogen) atoms. The van der Waals surface area contributed by atoms with Crippen molar-refractivity contribution in [1.82, 2.24) is 4.90 Å². The monoisotopic (exact) mass is 354 g/mol. The molecule has 1 aliphatic heterocycles. The summed E-state index contributed by atoms with van der Waals surface area (Å²) < 4.78 is 15.2. The molecular weight excluding hydrogens is 335 g/mol. The fourth-order valence-electron chi connectivity index (χ4n) is 4.15. The number of thiophene rings is 1. The fraction of sp³-hybridized carbons (Fsp3) is 0.400. The van der Waals surface area contributed by atoms with E-state index in [1.807, 2.05) is 17.7 Å². The predicted octanol–water partition coefficient (Wildman–Crippen LogP) is 4.58. The summed E-state index contributed by atoms with van der Waals surface area (Å²) in [6.45, 7) is 0.833. The molecule has 0 saturated heterocycles. The summed E-state index contributed by atoms with van der Waals surface area (Å²) in [6.07, 6.45) is 7.02. The smallest absolute Gasteiger partial charge is 0.255 e. The van der Waals surface area contributed by atoms with E-state index >= 15 is 0 Å². The second kappa shape index (κ2) is 5.77. The Morgan fingerprint density at radius 2 is 2.12 bits per heavy atom. The Kier molecular flexibility index (Phi) is 3.52. The van der Waals surface area contributed by atoms with Gasteiger partial charge in [0.2, 0.25) is 0 Å². The molecule has 0 spiro atoms. The molecule has 1 saturated carbocycles. The molecule has 0 bridgehead atoms. The van der Waals surface area contributed by atoms with Crippen LogP contribution < -0.4 is 0 Å². The molecule has 1 atom stereocenters. The number of hydrogen-bond acceptors (Lipinski definition) is 3. The zero-order valence-corrected chi connectivity index (χ0v) is 14.7. The molecule has 128 valence electrons. The van der Waals surface area contributed by atoms with E-state index in [9.17, 15) is 9.18 Å². The Bertz CT molecular complexity index is 925. The van der Waals surface area contributed by atoms with Crippen LogP contribution in [0.5, 0.6) is 0 Å². The summed E-state index contributed by atoms with van der Waals surface area (Å²) in [5.74, 6) is -0.294. The number of rotatable bonds is 3. The number of hydrogen-bond donors (Lipinski definition) is 0. The SMILES string of the molecule is O=C(c1csc2cccc(F)c12)N(C1CC1)C1CCC2=C(C=NC2)C1. The lowest BCUT2D eigenvalue weighted by Gasteiger charge is -2.35. The standard InChI is InChI=1S/C20H19FN2OS/c21-17-2-1-3-18-19(17)16(11-25-18)20(24)23(14-6-7-14)15-5-4-12-9-22-10-13(12)8-15/h1-3,10-11,14-15H,4-9H2. The van der Waals surface area contributed by atoms with E-state index in [0.717, 1.165) is 43.3 Å². The van der Waals surface area contributed by atoms with Gasteiger partial charge in [0.1, 0.15) is 5.82 Å². The maximum atomic E-state index is 14.3. The second-order valence-corrected chi connectivity index (χ2v) is 8.11. The van der Waals surface area contributed by atoms with Crippen LogP contribution >= 0.6 is 11.3 Å². The van der Waals surface area contributed by atoms with Gasteiger partial charge >= 0.3 is 0 Å². The average molecular weight is 354 g/mol. The van der Waals surface area contributed by atoms with Crippen LogP contribution in [0.2, 0.25) is 0 Å². The second-order valence-electron chi connectivity index (χ2n) is 7.20. The Morgan fingerprint density at radius 1 is 1.24 bits per heavy atom. The molecule has 1 aromatic carbocycles. The summed E-state index contributed by atoms with van der Waals surface area (Å²) in [4.78, 5) is 19.8. The number of fused-ring (bicyclic) bond motifs is 1. The minimum absolute atomic E-state index is 0.00263. The first kappa shape index (κ1) is 15.3. The van der Waals surface area contributed by atoms with Gasteiger partial charge in [0.05, 0.1) is 12.1 Å². The predicted molar refractivity (Wildman–Crippen MR) is 99.0 cm³/mol. The van der Waals surface area contributed by atoms with Crippen molar-refractivity contribution >= 4 is 33.5 Å². The van der Waals surface area contributed by atoms with E-state index in [0.29, 0.717) is 17.0 Å². The first-order valence-corrected chi connectivity index (χ1v) is 9.79. The molecule has 0 N–H and O–H groups in total. The quantitative estimate of drug-likeness (QED) is 0.794. The molecule has 0 radical (unpaired) electrons. The highest BCUT2D eigenvalue weighted by atomic mass is 32.1. The van der Waals surface area contributed by atoms with Gasteiger partial charge in [-0.3, -0.25) is 9.79 Å². The molecular formula is C20H19FN2OS. The number of carbonyl (C=O) groups is 1. The van der Waals surface area contributed by atoms with Crippen LogP contribution in [0.25, 0.3) is 10.1 Å². The van der Waals surface area contributed by atoms with E-state index in [2.05, 4.69) is 9.89 Å². The van der Waals surface area contributed by atoms with Crippen molar-refractivity contribution in [1.29, 1.82) is 0 Å². The highest BCUT2D eigenvalue weighted by Gasteiger charge is 2.40. The Labute approximate surface area is 149 Å². The van der Waals surface area contributed by atoms with Crippen molar-refractivity contribution < 1.29 is 9.18 Å². The number of halogens is 1. The molecule has 1 amide bonds. The van der Waals surface area contributed by atoms with Crippen molar-refractivity contribution in [2.24, 2.45) is 4.99 Å². The summed E-state index contributed by atoms with van der Waals surface area (Å²) in [5.41, 5.74) is 3.28. The molecule has 1 aromatic heterocycles. The maximum Gasteiger partial charge on any atom is 0.255 e. The lowest BCUT2D eigenvalue weighted by molar-refractivity contribution is 0.0647. The zero-order chi connectivity index (χ0) is 17.0. The largest absolute Gasteiger partial charge is 0.332 e. The third-order valence-electron chi connectivity index (χ3n) is 5.57. The van der Waals surface area contributed by atoms with E-state index in [1.54, 1.807) is 6.07 Å². The van der Waals surface area contributed by atoms with Gasteiger partial charge < -0.3 is 4.90 Å². The molecule has 2 aromatic rings. The molecule has 2 aliphatic carbocycles. The Morgan fingerprint density at radius 3 is 2.96 bits per heavy atom. The van der Waals surface area contributed by atoms with Gasteiger partial charge in [-0.05, 0) is 55.4 Å². The van der Waals surface area contributed by atoms with Gasteiger partial charge in [-0.1, -0.05) is 6.07 Å². The number of carbonyl (C=O) groups excluding carboxylic acids is 1. The van der Waals surface area contributed by atoms with Crippen LogP contribution in [-0.4, -0.2) is 35.7 Å². The number of benzene rings is 1. The van der Waals surface area contributed by atoms with Crippen molar-refractivity contribution in [3.05, 3.63) is 46.1 Å². The summed E-state index contributed by atoms with van der Waals surface area (Å²) in [6, 6.07) is 5.56. The first-order valence-electron chi connectivity index (χ1n) is 8.91. The molecule has 3 aliphatic rings. The molecule has 1 fully saturated rings. The third kappa shape index (κ3) is 2.53. The van der Waals surface area contributed by atoms with Crippen molar-refractivity contribution in [3.8, 4) is 0 Å². The number of aliphatic imine (C=N–C) groups is 1. The lowest BCUT2D eigenvalue weighted by atomic mass is 9.88. The molecule has 3 nitrogen and oxygen atoms in total. The number of amides is 1. The van der Waals surface area contributed by atoms with Gasteiger partial charge in [0, 0.05) is 33.8 Å². The summed E-state index contributed by atoms with van der Waals surface area (Å²) in [7, 11) is 0. The molecule has 5 rings (SSSR count). The van der Waals surface area contributed by atoms with Crippen molar-refractivity contribution in [2.75, 3.05) is 6.54 Å². The third-order valence-corrected chi connectivity index (χ3v) is 6.51. The minimum Gasteiger partial charge on any atom is -0.332 e. The Balaban J connectivity index is 1.50. The van der Waals surface area contributed by atoms with Gasteiger partial charge in [-0.25, -0.2) is 4.39 Å². The van der Waals surface area contributed by atoms with E-state index in [4.69, 9.17) is 0 Å². The number of nitrogens with zero attached hydrogens (tertiary/aromatic N) is 2. The summed E-state index contributed by atoms with van der Waals surface area (Å²) in [5, 5.41) is 2.32. The molecule has 1 unspecified atom stereocenters. The van der Waals surface area contributed by atoms with Gasteiger partial charge in [0.15, 0.2) is 0 Å². The van der Waals surface area contributed by atoms with Gasteiger partial charge in [-0.15, -0.1) is 11.3 Å². The zero-order valence-electron chi connectivity index (χ0n) is 13.9. The van der Waals surface area contributed by atoms with E-state index in [-0.39, 0.29) is 17.8 Å². The maximum absolute atomic E-state index is 14.3. The first-order chi connectivity index (χ1) is 12.2. The highest BCUT2D eigenvalue weighted by molar-refractivity contribution is 7.17. The average Bonchev–Trinajstić information content (AvgIpc) is 3.17. The van der Waals surface area contributed by atoms with Gasteiger partial charge in [-0.2, -0.15) is 0 Å². The molecule has 2 heterocycles. The normalized spacial score (nSPS) is 22.5. The van der Waals surface area contributed by atoms with Crippen LogP contribution in [0.1, 0.15) is 42.5 Å². The minimum atomic E-state index is -0.297. The molecule has 5 heteroatoms. The summed E-state index contributed by atoms with van der Waals surface area (Å²) >= 11 is 1.45. The fourth-order valence-corrected chi connectivity index (χ4v) is 5.10. The van der Waals surface area contributed by atoms with E-state index < -0.39 is 0 Å². The topological polar surface area (TPSA) is 32.7 Å². The lowest BCUT2D eigenvalue weighted by Crippen LogP contribution is -2.43. The van der Waals surface area contributed by atoms with E-state index in [1.165, 1.54) is 28.5 Å². The van der Waals surface area contributed by atoms with Gasteiger partial charge in [0.25, 0.3) is 5.91 Å². The van der Waals surface area contributed by atoms with Crippen LogP contribution in [0.15, 0.2) is 39.7 Å². The van der Waals surface area contributed by atoms with Crippen LogP contribution in [0, 0.1) is 5.82 Å².